The summed E-state index contributed by atoms with van der Waals surface area (Å²) in [6.45, 7) is 3.47. The number of rotatable bonds is 1. The number of carbonyl (C=O) groups is 2. The van der Waals surface area contributed by atoms with Gasteiger partial charge in [0.2, 0.25) is 11.8 Å². The normalized spacial score (nSPS) is 30.8. The first-order valence-corrected chi connectivity index (χ1v) is 6.77. The molecule has 0 bridgehead atoms. The summed E-state index contributed by atoms with van der Waals surface area (Å²) in [7, 11) is 0. The van der Waals surface area contributed by atoms with Crippen LogP contribution in [0, 0.1) is 0 Å². The van der Waals surface area contributed by atoms with Crippen molar-refractivity contribution in [2.75, 3.05) is 13.1 Å². The van der Waals surface area contributed by atoms with Crippen LogP contribution in [-0.4, -0.2) is 40.4 Å². The highest BCUT2D eigenvalue weighted by Gasteiger charge is 2.47. The Morgan fingerprint density at radius 2 is 2.00 bits per heavy atom. The van der Waals surface area contributed by atoms with E-state index in [0.29, 0.717) is 12.8 Å². The van der Waals surface area contributed by atoms with Crippen molar-refractivity contribution in [3.05, 3.63) is 0 Å². The summed E-state index contributed by atoms with van der Waals surface area (Å²) in [6, 6.07) is -0.395. The highest BCUT2D eigenvalue weighted by atomic mass is 127. The molecule has 2 aliphatic heterocycles. The number of amides is 2. The Morgan fingerprint density at radius 1 is 1.38 bits per heavy atom. The maximum atomic E-state index is 12.1. The average molecular weight is 337 g/mol. The van der Waals surface area contributed by atoms with E-state index in [0.717, 1.165) is 13.1 Å². The average Bonchev–Trinajstić information content (AvgIpc) is 2.24. The summed E-state index contributed by atoms with van der Waals surface area (Å²) in [5.41, 5.74) is -0.662. The fourth-order valence-corrected chi connectivity index (χ4v) is 2.75. The predicted molar refractivity (Wildman–Crippen MR) is 68.4 cm³/mol. The lowest BCUT2D eigenvalue weighted by Crippen LogP contribution is -2.72. The molecule has 2 atom stereocenters. The summed E-state index contributed by atoms with van der Waals surface area (Å²) in [5.74, 6) is -0.0782. The molecule has 2 heterocycles. The third kappa shape index (κ3) is 2.04. The maximum absolute atomic E-state index is 12.1. The van der Waals surface area contributed by atoms with Gasteiger partial charge in [-0.15, -0.1) is 0 Å². The Kier molecular flexibility index (Phi) is 3.39. The second kappa shape index (κ2) is 4.48. The minimum atomic E-state index is -0.662. The summed E-state index contributed by atoms with van der Waals surface area (Å²) >= 11 is 2.16. The van der Waals surface area contributed by atoms with Gasteiger partial charge in [0, 0.05) is 3.92 Å². The fourth-order valence-electron chi connectivity index (χ4n) is 2.24. The molecule has 1 spiro atoms. The van der Waals surface area contributed by atoms with Gasteiger partial charge in [0.25, 0.3) is 0 Å². The molecule has 6 heteroatoms. The van der Waals surface area contributed by atoms with E-state index < -0.39 is 11.6 Å². The second-order valence-corrected chi connectivity index (χ2v) is 6.41. The van der Waals surface area contributed by atoms with Crippen molar-refractivity contribution in [2.45, 2.75) is 35.3 Å². The lowest BCUT2D eigenvalue weighted by molar-refractivity contribution is -0.142. The van der Waals surface area contributed by atoms with Gasteiger partial charge in [0.15, 0.2) is 0 Å². The molecular formula is C10H16IN3O2. The number of hydrogen-bond acceptors (Lipinski definition) is 3. The molecular weight excluding hydrogens is 321 g/mol. The minimum absolute atomic E-state index is 0.0258. The van der Waals surface area contributed by atoms with Gasteiger partial charge < -0.3 is 16.0 Å². The van der Waals surface area contributed by atoms with Crippen LogP contribution in [0.2, 0.25) is 0 Å². The molecule has 0 aliphatic carbocycles. The fraction of sp³-hybridized carbons (Fsp3) is 0.800. The number of alkyl halides is 1. The topological polar surface area (TPSA) is 70.2 Å². The molecule has 1 unspecified atom stereocenters. The van der Waals surface area contributed by atoms with Crippen molar-refractivity contribution in [2.24, 2.45) is 0 Å². The number of nitrogens with one attached hydrogen (secondary N) is 3. The molecule has 0 radical (unpaired) electrons. The largest absolute Gasteiger partial charge is 0.341 e. The van der Waals surface area contributed by atoms with Crippen molar-refractivity contribution in [3.63, 3.8) is 0 Å². The van der Waals surface area contributed by atoms with Crippen molar-refractivity contribution in [1.82, 2.24) is 16.0 Å². The van der Waals surface area contributed by atoms with Gasteiger partial charge in [-0.3, -0.25) is 9.59 Å². The lowest BCUT2D eigenvalue weighted by Gasteiger charge is -2.42. The second-order valence-electron chi connectivity index (χ2n) is 4.45. The first-order valence-electron chi connectivity index (χ1n) is 5.53. The number of carbonyl (C=O) groups excluding carboxylic acids is 2. The van der Waals surface area contributed by atoms with Gasteiger partial charge in [-0.2, -0.15) is 0 Å². The van der Waals surface area contributed by atoms with Crippen molar-refractivity contribution in [1.29, 1.82) is 0 Å². The third-order valence-electron chi connectivity index (χ3n) is 3.28. The zero-order valence-corrected chi connectivity index (χ0v) is 11.3. The molecule has 3 N–H and O–H groups in total. The SMILES string of the molecule is CC(I)[C@H]1NC(=O)C2(CCNCC2)NC1=O. The summed E-state index contributed by atoms with van der Waals surface area (Å²) < 4.78 is 0.0978. The van der Waals surface area contributed by atoms with Crippen LogP contribution >= 0.6 is 22.6 Å². The molecule has 5 nitrogen and oxygen atoms in total. The van der Waals surface area contributed by atoms with E-state index in [9.17, 15) is 9.59 Å². The summed E-state index contributed by atoms with van der Waals surface area (Å²) in [5, 5.41) is 8.95. The van der Waals surface area contributed by atoms with E-state index in [-0.39, 0.29) is 15.7 Å². The van der Waals surface area contributed by atoms with Crippen LogP contribution in [0.15, 0.2) is 0 Å². The predicted octanol–water partition coefficient (Wildman–Crippen LogP) is -0.453. The monoisotopic (exact) mass is 337 g/mol. The van der Waals surface area contributed by atoms with Gasteiger partial charge >= 0.3 is 0 Å². The molecule has 2 rings (SSSR count). The number of hydrogen-bond donors (Lipinski definition) is 3. The van der Waals surface area contributed by atoms with Crippen LogP contribution in [0.5, 0.6) is 0 Å². The van der Waals surface area contributed by atoms with E-state index in [4.69, 9.17) is 0 Å². The number of piperazine rings is 1. The number of piperidine rings is 1. The minimum Gasteiger partial charge on any atom is -0.341 e. The Bertz CT molecular complexity index is 313. The van der Waals surface area contributed by atoms with Gasteiger partial charge in [0.1, 0.15) is 11.6 Å². The van der Waals surface area contributed by atoms with Crippen molar-refractivity contribution in [3.8, 4) is 0 Å². The molecule has 0 saturated carbocycles. The smallest absolute Gasteiger partial charge is 0.246 e. The van der Waals surface area contributed by atoms with Crippen molar-refractivity contribution < 1.29 is 9.59 Å². The summed E-state index contributed by atoms with van der Waals surface area (Å²) in [4.78, 5) is 24.0. The van der Waals surface area contributed by atoms with Crippen LogP contribution in [0.1, 0.15) is 19.8 Å². The highest BCUT2D eigenvalue weighted by molar-refractivity contribution is 14.1. The van der Waals surface area contributed by atoms with E-state index in [1.807, 2.05) is 6.92 Å². The van der Waals surface area contributed by atoms with E-state index in [1.54, 1.807) is 0 Å². The van der Waals surface area contributed by atoms with Gasteiger partial charge in [-0.05, 0) is 25.9 Å². The highest BCUT2D eigenvalue weighted by Crippen LogP contribution is 2.23. The van der Waals surface area contributed by atoms with Crippen LogP contribution in [0.3, 0.4) is 0 Å². The molecule has 90 valence electrons. The molecule has 0 aromatic rings. The van der Waals surface area contributed by atoms with Crippen LogP contribution in [0.25, 0.3) is 0 Å². The number of halogens is 1. The van der Waals surface area contributed by atoms with E-state index in [1.165, 1.54) is 0 Å². The zero-order valence-electron chi connectivity index (χ0n) is 9.18. The molecule has 2 saturated heterocycles. The Labute approximate surface area is 108 Å². The molecule has 0 aromatic carbocycles. The Morgan fingerprint density at radius 3 is 2.56 bits per heavy atom. The standard InChI is InChI=1S/C10H16IN3O2/c1-6(11)7-8(15)14-10(9(16)13-7)2-4-12-5-3-10/h6-7,12H,2-5H2,1H3,(H,13,16)(H,14,15)/t6?,7-/m1/s1. The Hall–Kier alpha value is -0.370. The quantitative estimate of drug-likeness (QED) is 0.448. The molecule has 16 heavy (non-hydrogen) atoms. The van der Waals surface area contributed by atoms with E-state index >= 15 is 0 Å². The maximum Gasteiger partial charge on any atom is 0.246 e. The Balaban J connectivity index is 2.14. The first-order chi connectivity index (χ1) is 7.55. The molecule has 2 aliphatic rings. The van der Waals surface area contributed by atoms with Gasteiger partial charge in [-0.25, -0.2) is 0 Å². The first kappa shape index (κ1) is 12.1. The third-order valence-corrected chi connectivity index (χ3v) is 4.00. The molecule has 2 amide bonds. The van der Waals surface area contributed by atoms with Gasteiger partial charge in [0.05, 0.1) is 0 Å². The zero-order chi connectivity index (χ0) is 11.8. The van der Waals surface area contributed by atoms with Crippen LogP contribution in [-0.2, 0) is 9.59 Å². The van der Waals surface area contributed by atoms with E-state index in [2.05, 4.69) is 38.5 Å². The van der Waals surface area contributed by atoms with Crippen LogP contribution in [0.4, 0.5) is 0 Å². The van der Waals surface area contributed by atoms with Gasteiger partial charge in [-0.1, -0.05) is 29.5 Å². The van der Waals surface area contributed by atoms with Crippen LogP contribution < -0.4 is 16.0 Å². The lowest BCUT2D eigenvalue weighted by atomic mass is 9.84. The summed E-state index contributed by atoms with van der Waals surface area (Å²) in [6.07, 6.45) is 1.35. The molecule has 2 fully saturated rings. The molecule has 0 aromatic heterocycles. The van der Waals surface area contributed by atoms with Crippen molar-refractivity contribution >= 4 is 34.4 Å².